The van der Waals surface area contributed by atoms with Crippen LogP contribution in [0.1, 0.15) is 20.3 Å². The van der Waals surface area contributed by atoms with Gasteiger partial charge in [0.05, 0.1) is 36.1 Å². The fraction of sp³-hybridized carbons (Fsp3) is 0.536. The Labute approximate surface area is 226 Å². The summed E-state index contributed by atoms with van der Waals surface area (Å²) in [6, 6.07) is 5.88. The van der Waals surface area contributed by atoms with Gasteiger partial charge in [0.1, 0.15) is 23.8 Å². The summed E-state index contributed by atoms with van der Waals surface area (Å²) in [5.74, 6) is -2.52. The number of fused-ring (bicyclic) bond motifs is 3. The number of hydrogen-bond acceptors (Lipinski definition) is 7. The van der Waals surface area contributed by atoms with Crippen LogP contribution in [0.15, 0.2) is 48.6 Å². The first-order valence-corrected chi connectivity index (χ1v) is 13.6. The molecule has 0 bridgehead atoms. The lowest BCUT2D eigenvalue weighted by Crippen LogP contribution is -2.59. The predicted octanol–water partition coefficient (Wildman–Crippen LogP) is 0.803. The van der Waals surface area contributed by atoms with E-state index in [1.165, 1.54) is 4.90 Å². The molecule has 0 saturated carbocycles. The molecule has 7 atom stereocenters. The minimum absolute atomic E-state index is 0.0780. The maximum atomic E-state index is 14.5. The molecule has 1 spiro atoms. The number of likely N-dealkylation sites (N-methyl/N-ethyl adjacent to an activating group) is 1. The smallest absolute Gasteiger partial charge is 0.250 e. The highest BCUT2D eigenvalue weighted by molar-refractivity contribution is 6.00. The number of benzene rings is 1. The molecular weight excluding hydrogens is 500 g/mol. The number of carbonyl (C=O) groups is 3. The van der Waals surface area contributed by atoms with Gasteiger partial charge in [-0.05, 0) is 18.1 Å². The van der Waals surface area contributed by atoms with Crippen LogP contribution in [0.25, 0.3) is 11.0 Å². The van der Waals surface area contributed by atoms with Crippen molar-refractivity contribution in [3.8, 4) is 0 Å². The zero-order valence-electron chi connectivity index (χ0n) is 22.4. The molecule has 1 N–H and O–H groups in total. The number of amides is 3. The number of nitrogens with zero attached hydrogens (tertiary/aromatic N) is 6. The minimum Gasteiger partial charge on any atom is -0.394 e. The monoisotopic (exact) mass is 534 g/mol. The molecule has 3 amide bonds. The highest BCUT2D eigenvalue weighted by atomic mass is 16.5. The molecule has 2 aromatic rings. The molecule has 5 heterocycles. The quantitative estimate of drug-likeness (QED) is 0.545. The number of aromatic nitrogens is 3. The van der Waals surface area contributed by atoms with Gasteiger partial charge in [-0.15, -0.1) is 5.10 Å². The fourth-order valence-corrected chi connectivity index (χ4v) is 6.73. The van der Waals surface area contributed by atoms with E-state index >= 15 is 0 Å². The number of hydrogen-bond donors (Lipinski definition) is 1. The lowest BCUT2D eigenvalue weighted by molar-refractivity contribution is -0.153. The SMILES string of the molecule is CC[C@H](C)[C@H](CO)N1C(=O)[C@@H]2[C@H]3C(=O)N(C)CC=C[C@H]3O[C@@]23C=CCN(Cn2nnc4ccccc42)C(=O)C13. The molecule has 1 unspecified atom stereocenters. The fourth-order valence-electron chi connectivity index (χ4n) is 6.73. The molecule has 11 nitrogen and oxygen atoms in total. The Morgan fingerprint density at radius 2 is 1.92 bits per heavy atom. The van der Waals surface area contributed by atoms with E-state index in [0.717, 1.165) is 11.0 Å². The molecule has 39 heavy (non-hydrogen) atoms. The van der Waals surface area contributed by atoms with Crippen molar-refractivity contribution in [1.29, 1.82) is 0 Å². The average molecular weight is 535 g/mol. The maximum Gasteiger partial charge on any atom is 0.250 e. The van der Waals surface area contributed by atoms with Crippen LogP contribution in [0, 0.1) is 17.8 Å². The van der Waals surface area contributed by atoms with Crippen molar-refractivity contribution in [2.75, 3.05) is 26.7 Å². The third-order valence-corrected chi connectivity index (χ3v) is 8.95. The zero-order chi connectivity index (χ0) is 27.5. The first-order chi connectivity index (χ1) is 18.8. The number of para-hydroxylation sites is 1. The highest BCUT2D eigenvalue weighted by Gasteiger charge is 2.72. The van der Waals surface area contributed by atoms with Gasteiger partial charge < -0.3 is 24.5 Å². The molecular formula is C28H34N6O5. The third-order valence-electron chi connectivity index (χ3n) is 8.95. The van der Waals surface area contributed by atoms with Crippen molar-refractivity contribution in [1.82, 2.24) is 29.7 Å². The maximum absolute atomic E-state index is 14.5. The molecule has 1 aromatic carbocycles. The number of carbonyl (C=O) groups excluding carboxylic acids is 3. The van der Waals surface area contributed by atoms with Gasteiger partial charge in [-0.3, -0.25) is 14.4 Å². The summed E-state index contributed by atoms with van der Waals surface area (Å²) in [6.45, 7) is 4.48. The van der Waals surface area contributed by atoms with E-state index in [4.69, 9.17) is 4.74 Å². The van der Waals surface area contributed by atoms with Crippen LogP contribution in [-0.2, 0) is 25.8 Å². The number of likely N-dealkylation sites (tertiary alicyclic amines) is 1. The van der Waals surface area contributed by atoms with Crippen molar-refractivity contribution >= 4 is 28.8 Å². The Bertz CT molecular complexity index is 1370. The summed E-state index contributed by atoms with van der Waals surface area (Å²) in [5.41, 5.74) is 0.175. The zero-order valence-corrected chi connectivity index (χ0v) is 22.4. The summed E-state index contributed by atoms with van der Waals surface area (Å²) in [6.07, 6.45) is 7.46. The summed E-state index contributed by atoms with van der Waals surface area (Å²) in [7, 11) is 1.71. The van der Waals surface area contributed by atoms with Crippen molar-refractivity contribution in [2.45, 2.75) is 50.7 Å². The van der Waals surface area contributed by atoms with Gasteiger partial charge in [0.25, 0.3) is 5.91 Å². The highest BCUT2D eigenvalue weighted by Crippen LogP contribution is 2.54. The van der Waals surface area contributed by atoms with E-state index in [1.54, 1.807) is 21.5 Å². The topological polar surface area (TPSA) is 121 Å². The molecule has 206 valence electrons. The Balaban J connectivity index is 1.45. The number of ether oxygens (including phenoxy) is 1. The predicted molar refractivity (Wildman–Crippen MR) is 141 cm³/mol. The Kier molecular flexibility index (Phi) is 6.30. The molecule has 4 aliphatic rings. The van der Waals surface area contributed by atoms with Crippen molar-refractivity contribution in [3.63, 3.8) is 0 Å². The van der Waals surface area contributed by atoms with Gasteiger partial charge in [-0.25, -0.2) is 4.68 Å². The standard InChI is InChI=1S/C28H34N6O5/c1-4-17(2)20(15-35)34-24-27(38)32(16-33-19-10-6-5-9-18(19)29-30-33)14-8-12-28(24)23(26(34)37)22-21(39-28)11-7-13-31(3)25(22)36/h5-12,17,20-24,35H,4,13-16H2,1-3H3/t17-,20-,21+,22-,23-,24?,28-/m0/s1. The van der Waals surface area contributed by atoms with Gasteiger partial charge in [0.15, 0.2) is 0 Å². The van der Waals surface area contributed by atoms with Crippen molar-refractivity contribution < 1.29 is 24.2 Å². The normalized spacial score (nSPS) is 31.8. The molecule has 0 radical (unpaired) electrons. The first-order valence-electron chi connectivity index (χ1n) is 13.6. The lowest BCUT2D eigenvalue weighted by Gasteiger charge is -2.40. The van der Waals surface area contributed by atoms with Crippen molar-refractivity contribution in [3.05, 3.63) is 48.6 Å². The molecule has 1 aromatic heterocycles. The van der Waals surface area contributed by atoms with E-state index in [0.29, 0.717) is 13.0 Å². The van der Waals surface area contributed by atoms with Crippen molar-refractivity contribution in [2.24, 2.45) is 17.8 Å². The largest absolute Gasteiger partial charge is 0.394 e. The van der Waals surface area contributed by atoms with Crippen LogP contribution in [0.5, 0.6) is 0 Å². The molecule has 11 heteroatoms. The minimum atomic E-state index is -1.33. The van der Waals surface area contributed by atoms with Crippen LogP contribution >= 0.6 is 0 Å². The summed E-state index contributed by atoms with van der Waals surface area (Å²) in [4.78, 5) is 47.1. The summed E-state index contributed by atoms with van der Waals surface area (Å²) in [5, 5.41) is 19.0. The van der Waals surface area contributed by atoms with Crippen LogP contribution in [-0.4, -0.2) is 103 Å². The van der Waals surface area contributed by atoms with Crippen LogP contribution in [0.3, 0.4) is 0 Å². The summed E-state index contributed by atoms with van der Waals surface area (Å²) < 4.78 is 8.31. The Morgan fingerprint density at radius 1 is 1.13 bits per heavy atom. The van der Waals surface area contributed by atoms with Crippen LogP contribution < -0.4 is 0 Å². The van der Waals surface area contributed by atoms with E-state index < -0.39 is 35.6 Å². The Hall–Kier alpha value is -3.57. The van der Waals surface area contributed by atoms with Gasteiger partial charge in [0, 0.05) is 20.1 Å². The second kappa shape index (κ2) is 9.56. The molecule has 0 aliphatic carbocycles. The van der Waals surface area contributed by atoms with Gasteiger partial charge >= 0.3 is 0 Å². The Morgan fingerprint density at radius 3 is 2.69 bits per heavy atom. The van der Waals surface area contributed by atoms with E-state index in [9.17, 15) is 19.5 Å². The first kappa shape index (κ1) is 25.7. The van der Waals surface area contributed by atoms with Crippen LogP contribution in [0.2, 0.25) is 0 Å². The average Bonchev–Trinajstić information content (AvgIpc) is 3.50. The van der Waals surface area contributed by atoms with Crippen LogP contribution in [0.4, 0.5) is 0 Å². The van der Waals surface area contributed by atoms with E-state index in [2.05, 4.69) is 10.3 Å². The van der Waals surface area contributed by atoms with E-state index in [-0.39, 0.29) is 43.5 Å². The number of rotatable bonds is 6. The lowest BCUT2D eigenvalue weighted by atomic mass is 9.77. The summed E-state index contributed by atoms with van der Waals surface area (Å²) >= 11 is 0. The second-order valence-corrected chi connectivity index (χ2v) is 11.1. The second-order valence-electron chi connectivity index (χ2n) is 11.1. The van der Waals surface area contributed by atoms with Gasteiger partial charge in [0.2, 0.25) is 11.8 Å². The molecule has 4 aliphatic heterocycles. The number of aliphatic hydroxyl groups excluding tert-OH is 1. The molecule has 2 saturated heterocycles. The third kappa shape index (κ3) is 3.74. The van der Waals surface area contributed by atoms with Gasteiger partial charge in [-0.2, -0.15) is 0 Å². The number of aliphatic hydroxyl groups is 1. The molecule has 2 fully saturated rings. The molecule has 6 rings (SSSR count). The van der Waals surface area contributed by atoms with E-state index in [1.807, 2.05) is 62.4 Å². The van der Waals surface area contributed by atoms with Gasteiger partial charge in [-0.1, -0.05) is 61.9 Å².